The van der Waals surface area contributed by atoms with Crippen LogP contribution in [-0.4, -0.2) is 41.8 Å². The lowest BCUT2D eigenvalue weighted by Gasteiger charge is -2.29. The predicted octanol–water partition coefficient (Wildman–Crippen LogP) is 1.98. The Morgan fingerprint density at radius 2 is 2.10 bits per heavy atom. The Balaban J connectivity index is 3.33. The first-order valence-corrected chi connectivity index (χ1v) is 6.53. The van der Waals surface area contributed by atoms with Crippen molar-refractivity contribution in [1.29, 1.82) is 0 Å². The number of rotatable bonds is 6. The van der Waals surface area contributed by atoms with Crippen LogP contribution in [0.4, 0.5) is 11.4 Å². The maximum atomic E-state index is 11.6. The van der Waals surface area contributed by atoms with E-state index >= 15 is 0 Å². The third-order valence-electron chi connectivity index (χ3n) is 2.89. The number of methoxy groups -OCH3 is 1. The van der Waals surface area contributed by atoms with E-state index in [0.29, 0.717) is 6.54 Å². The maximum absolute atomic E-state index is 11.6. The molecule has 1 N–H and O–H groups in total. The molecule has 0 amide bonds. The van der Waals surface area contributed by atoms with Gasteiger partial charge in [0.2, 0.25) is 0 Å². The summed E-state index contributed by atoms with van der Waals surface area (Å²) in [5.74, 6) is -0.564. The van der Waals surface area contributed by atoms with E-state index in [4.69, 9.17) is 0 Å². The Bertz CT molecular complexity index is 537. The molecule has 1 rings (SSSR count). The molecule has 0 saturated heterocycles. The Morgan fingerprint density at radius 3 is 2.52 bits per heavy atom. The zero-order chi connectivity index (χ0) is 16.2. The fourth-order valence-corrected chi connectivity index (χ4v) is 2.01. The minimum atomic E-state index is -1.02. The van der Waals surface area contributed by atoms with Crippen LogP contribution in [0, 0.1) is 10.1 Å². The molecule has 7 nitrogen and oxygen atoms in total. The largest absolute Gasteiger partial charge is 0.465 e. The molecule has 0 radical (unpaired) electrons. The zero-order valence-electron chi connectivity index (χ0n) is 12.6. The van der Waals surface area contributed by atoms with Crippen LogP contribution in [-0.2, 0) is 4.74 Å². The van der Waals surface area contributed by atoms with Crippen molar-refractivity contribution in [2.24, 2.45) is 0 Å². The fraction of sp³-hybridized carbons (Fsp3) is 0.500. The molecule has 0 unspecified atom stereocenters. The number of anilines is 1. The normalized spacial score (nSPS) is 11.1. The van der Waals surface area contributed by atoms with E-state index in [-0.39, 0.29) is 23.5 Å². The van der Waals surface area contributed by atoms with Crippen molar-refractivity contribution in [1.82, 2.24) is 0 Å². The highest BCUT2D eigenvalue weighted by Crippen LogP contribution is 2.30. The van der Waals surface area contributed by atoms with Crippen molar-refractivity contribution in [3.63, 3.8) is 0 Å². The number of nitrogens with zero attached hydrogens (tertiary/aromatic N) is 2. The number of hydrogen-bond acceptors (Lipinski definition) is 6. The van der Waals surface area contributed by atoms with Crippen LogP contribution in [0.15, 0.2) is 18.2 Å². The Kier molecular flexibility index (Phi) is 5.26. The smallest absolute Gasteiger partial charge is 0.337 e. The van der Waals surface area contributed by atoms with Crippen molar-refractivity contribution in [3.8, 4) is 0 Å². The first kappa shape index (κ1) is 16.9. The zero-order valence-corrected chi connectivity index (χ0v) is 12.6. The highest BCUT2D eigenvalue weighted by atomic mass is 16.6. The minimum Gasteiger partial charge on any atom is -0.465 e. The SMILES string of the molecule is CCN(CC(C)(C)O)c1cc(C(=O)OC)ccc1[N+](=O)[O-]. The van der Waals surface area contributed by atoms with E-state index in [9.17, 15) is 20.0 Å². The van der Waals surface area contributed by atoms with Gasteiger partial charge in [-0.2, -0.15) is 0 Å². The number of carbonyl (C=O) groups excluding carboxylic acids is 1. The summed E-state index contributed by atoms with van der Waals surface area (Å²) in [5, 5.41) is 21.1. The Hall–Kier alpha value is -2.15. The molecule has 0 heterocycles. The minimum absolute atomic E-state index is 0.117. The third kappa shape index (κ3) is 4.42. The molecule has 1 aromatic carbocycles. The lowest BCUT2D eigenvalue weighted by molar-refractivity contribution is -0.384. The number of benzene rings is 1. The standard InChI is InChI=1S/C14H20N2O5/c1-5-15(9-14(2,3)18)12-8-10(13(17)21-4)6-7-11(12)16(19)20/h6-8,18H,5,9H2,1-4H3. The van der Waals surface area contributed by atoms with Gasteiger partial charge in [-0.15, -0.1) is 0 Å². The van der Waals surface area contributed by atoms with E-state index in [2.05, 4.69) is 4.74 Å². The monoisotopic (exact) mass is 296 g/mol. The highest BCUT2D eigenvalue weighted by Gasteiger charge is 2.25. The molecule has 0 aliphatic rings. The molecule has 0 fully saturated rings. The van der Waals surface area contributed by atoms with Gasteiger partial charge in [-0.1, -0.05) is 0 Å². The fourth-order valence-electron chi connectivity index (χ4n) is 2.01. The van der Waals surface area contributed by atoms with Gasteiger partial charge in [0.15, 0.2) is 0 Å². The summed E-state index contributed by atoms with van der Waals surface area (Å²) in [4.78, 5) is 23.9. The van der Waals surface area contributed by atoms with Gasteiger partial charge in [0.25, 0.3) is 5.69 Å². The molecule has 21 heavy (non-hydrogen) atoms. The highest BCUT2D eigenvalue weighted by molar-refractivity contribution is 5.91. The quantitative estimate of drug-likeness (QED) is 0.490. The number of esters is 1. The van der Waals surface area contributed by atoms with Crippen LogP contribution < -0.4 is 4.90 Å². The number of aliphatic hydroxyl groups is 1. The van der Waals surface area contributed by atoms with Crippen molar-refractivity contribution >= 4 is 17.3 Å². The average molecular weight is 296 g/mol. The molecule has 116 valence electrons. The summed E-state index contributed by atoms with van der Waals surface area (Å²) in [6.45, 7) is 5.71. The molecule has 0 spiro atoms. The predicted molar refractivity (Wildman–Crippen MR) is 78.6 cm³/mol. The van der Waals surface area contributed by atoms with Crippen molar-refractivity contribution in [3.05, 3.63) is 33.9 Å². The first-order valence-electron chi connectivity index (χ1n) is 6.53. The third-order valence-corrected chi connectivity index (χ3v) is 2.89. The number of nitro groups is 1. The summed E-state index contributed by atoms with van der Waals surface area (Å²) in [6, 6.07) is 4.04. The average Bonchev–Trinajstić information content (AvgIpc) is 2.42. The van der Waals surface area contributed by atoms with Crippen molar-refractivity contribution in [2.45, 2.75) is 26.4 Å². The Labute approximate surface area is 123 Å². The summed E-state index contributed by atoms with van der Waals surface area (Å²) in [6.07, 6.45) is 0. The summed E-state index contributed by atoms with van der Waals surface area (Å²) >= 11 is 0. The molecule has 0 aromatic heterocycles. The topological polar surface area (TPSA) is 92.9 Å². The van der Waals surface area contributed by atoms with Gasteiger partial charge in [0.05, 0.1) is 23.2 Å². The summed E-state index contributed by atoms with van der Waals surface area (Å²) in [5.41, 5.74) is -0.626. The second-order valence-electron chi connectivity index (χ2n) is 5.28. The molecular formula is C14H20N2O5. The second-order valence-corrected chi connectivity index (χ2v) is 5.28. The van der Waals surface area contributed by atoms with Crippen molar-refractivity contribution in [2.75, 3.05) is 25.1 Å². The van der Waals surface area contributed by atoms with Crippen LogP contribution >= 0.6 is 0 Å². The summed E-state index contributed by atoms with van der Waals surface area (Å²) in [7, 11) is 1.25. The van der Waals surface area contributed by atoms with E-state index in [1.165, 1.54) is 25.3 Å². The van der Waals surface area contributed by atoms with Crippen LogP contribution in [0.2, 0.25) is 0 Å². The number of ether oxygens (including phenoxy) is 1. The lowest BCUT2D eigenvalue weighted by Crippen LogP contribution is -2.39. The van der Waals surface area contributed by atoms with E-state index in [1.807, 2.05) is 6.92 Å². The maximum Gasteiger partial charge on any atom is 0.337 e. The van der Waals surface area contributed by atoms with Crippen LogP contribution in [0.5, 0.6) is 0 Å². The molecule has 0 aliphatic heterocycles. The van der Waals surface area contributed by atoms with Crippen LogP contribution in [0.25, 0.3) is 0 Å². The molecule has 1 aromatic rings. The van der Waals surface area contributed by atoms with Gasteiger partial charge in [0.1, 0.15) is 5.69 Å². The van der Waals surface area contributed by atoms with Crippen LogP contribution in [0.1, 0.15) is 31.1 Å². The van der Waals surface area contributed by atoms with Gasteiger partial charge >= 0.3 is 5.97 Å². The first-order chi connectivity index (χ1) is 9.69. The summed E-state index contributed by atoms with van der Waals surface area (Å²) < 4.78 is 4.63. The molecule has 0 bridgehead atoms. The second kappa shape index (κ2) is 6.53. The van der Waals surface area contributed by atoms with Gasteiger partial charge in [-0.25, -0.2) is 4.79 Å². The van der Waals surface area contributed by atoms with Gasteiger partial charge in [0, 0.05) is 19.2 Å². The lowest BCUT2D eigenvalue weighted by atomic mass is 10.1. The number of likely N-dealkylation sites (N-methyl/N-ethyl adjacent to an activating group) is 1. The van der Waals surface area contributed by atoms with E-state index in [1.54, 1.807) is 18.7 Å². The molecule has 0 atom stereocenters. The van der Waals surface area contributed by atoms with Gasteiger partial charge < -0.3 is 14.7 Å². The molecule has 7 heteroatoms. The van der Waals surface area contributed by atoms with E-state index in [0.717, 1.165) is 0 Å². The van der Waals surface area contributed by atoms with Crippen molar-refractivity contribution < 1.29 is 19.6 Å². The molecular weight excluding hydrogens is 276 g/mol. The molecule has 0 saturated carbocycles. The number of nitro benzene ring substituents is 1. The Morgan fingerprint density at radius 1 is 1.48 bits per heavy atom. The van der Waals surface area contributed by atoms with Gasteiger partial charge in [-0.05, 0) is 32.9 Å². The number of hydrogen-bond donors (Lipinski definition) is 1. The molecule has 0 aliphatic carbocycles. The number of carbonyl (C=O) groups is 1. The van der Waals surface area contributed by atoms with E-state index < -0.39 is 16.5 Å². The van der Waals surface area contributed by atoms with Gasteiger partial charge in [-0.3, -0.25) is 10.1 Å². The van der Waals surface area contributed by atoms with Crippen LogP contribution in [0.3, 0.4) is 0 Å².